The molecule has 45 heavy (non-hydrogen) atoms. The van der Waals surface area contributed by atoms with E-state index in [9.17, 15) is 23.1 Å². The third-order valence-electron chi connectivity index (χ3n) is 7.85. The molecule has 0 saturated heterocycles. The molecule has 244 valence electrons. The second-order valence-corrected chi connectivity index (χ2v) is 14.6. The number of sulfonamides is 1. The van der Waals surface area contributed by atoms with Crippen molar-refractivity contribution in [2.24, 2.45) is 5.92 Å². The van der Waals surface area contributed by atoms with Gasteiger partial charge in [-0.05, 0) is 74.9 Å². The topological polar surface area (TPSA) is 138 Å². The lowest BCUT2D eigenvalue weighted by atomic mass is 10.0. The van der Waals surface area contributed by atoms with Gasteiger partial charge in [-0.1, -0.05) is 13.0 Å². The fourth-order valence-electron chi connectivity index (χ4n) is 5.08. The van der Waals surface area contributed by atoms with Gasteiger partial charge in [0.15, 0.2) is 0 Å². The maximum Gasteiger partial charge on any atom is 0.258 e. The fraction of sp³-hybridized carbons (Fsp3) is 0.469. The van der Waals surface area contributed by atoms with Gasteiger partial charge in [0.2, 0.25) is 0 Å². The predicted octanol–water partition coefficient (Wildman–Crippen LogP) is 4.51. The normalized spacial score (nSPS) is 21.0. The third-order valence-corrected chi connectivity index (χ3v) is 11.0. The number of carbonyl (C=O) groups is 2. The van der Waals surface area contributed by atoms with E-state index in [-0.39, 0.29) is 53.3 Å². The Kier molecular flexibility index (Phi) is 12.1. The number of nitrogens with zero attached hydrogens (tertiary/aromatic N) is 3. The Morgan fingerprint density at radius 3 is 2.64 bits per heavy atom. The third kappa shape index (κ3) is 8.88. The zero-order valence-electron chi connectivity index (χ0n) is 26.1. The molecule has 11 nitrogen and oxygen atoms in total. The van der Waals surface area contributed by atoms with Crippen molar-refractivity contribution in [2.45, 2.75) is 62.5 Å². The number of ether oxygens (including phenoxy) is 2. The summed E-state index contributed by atoms with van der Waals surface area (Å²) in [5.41, 5.74) is 1.07. The lowest BCUT2D eigenvalue weighted by molar-refractivity contribution is -0.00832. The molecule has 2 N–H and O–H groups in total. The van der Waals surface area contributed by atoms with Crippen molar-refractivity contribution >= 4 is 38.9 Å². The summed E-state index contributed by atoms with van der Waals surface area (Å²) >= 11 is 1.16. The average molecular weight is 659 g/mol. The van der Waals surface area contributed by atoms with Gasteiger partial charge in [-0.15, -0.1) is 11.3 Å². The van der Waals surface area contributed by atoms with Crippen LogP contribution in [0.4, 0.5) is 5.69 Å². The van der Waals surface area contributed by atoms with E-state index in [0.717, 1.165) is 24.2 Å². The smallest absolute Gasteiger partial charge is 0.258 e. The van der Waals surface area contributed by atoms with Crippen molar-refractivity contribution in [2.75, 3.05) is 38.7 Å². The van der Waals surface area contributed by atoms with Crippen molar-refractivity contribution < 1.29 is 32.6 Å². The number of benzene rings is 1. The highest BCUT2D eigenvalue weighted by Crippen LogP contribution is 2.29. The molecule has 1 aromatic carbocycles. The average Bonchev–Trinajstić information content (AvgIpc) is 3.59. The van der Waals surface area contributed by atoms with Crippen LogP contribution in [0.3, 0.4) is 0 Å². The Balaban J connectivity index is 1.65. The molecule has 0 bridgehead atoms. The molecule has 0 unspecified atom stereocenters. The Morgan fingerprint density at radius 2 is 1.96 bits per heavy atom. The summed E-state index contributed by atoms with van der Waals surface area (Å²) in [7, 11) is -2.18. The summed E-state index contributed by atoms with van der Waals surface area (Å²) in [5.74, 6) is -0.662. The second-order valence-electron chi connectivity index (χ2n) is 11.4. The fourth-order valence-corrected chi connectivity index (χ4v) is 7.47. The monoisotopic (exact) mass is 658 g/mol. The van der Waals surface area contributed by atoms with Crippen LogP contribution in [0.15, 0.2) is 64.4 Å². The van der Waals surface area contributed by atoms with E-state index in [4.69, 9.17) is 9.47 Å². The first-order valence-electron chi connectivity index (χ1n) is 15.1. The lowest BCUT2D eigenvalue weighted by Gasteiger charge is -2.35. The zero-order valence-corrected chi connectivity index (χ0v) is 27.7. The van der Waals surface area contributed by atoms with E-state index in [1.165, 1.54) is 23.7 Å². The minimum absolute atomic E-state index is 0.0955. The standard InChI is InChI=1S/C32H42N4O7S2/c1-22-19-36(23(2)21-37)32(39)27-18-26(34-31(38)25-12-14-33-15-13-25)10-11-28(27)43-24(3)8-5-6-16-42-29(22)20-35(4)45(40,41)30-9-7-17-44-30/h7,9-15,17-18,22-24,29,37H,5-6,8,16,19-21H2,1-4H3,(H,34,38)/t22-,23+,24-,29+/m0/s1. The number of aliphatic hydroxyl groups is 1. The van der Waals surface area contributed by atoms with Gasteiger partial charge in [0.1, 0.15) is 9.96 Å². The number of nitrogens with one attached hydrogen (secondary N) is 1. The van der Waals surface area contributed by atoms with Crippen LogP contribution >= 0.6 is 11.3 Å². The van der Waals surface area contributed by atoms with Crippen LogP contribution in [0.5, 0.6) is 5.75 Å². The molecule has 4 atom stereocenters. The molecule has 1 aliphatic heterocycles. The summed E-state index contributed by atoms with van der Waals surface area (Å²) < 4.78 is 40.5. The van der Waals surface area contributed by atoms with E-state index in [1.807, 2.05) is 13.8 Å². The number of pyridine rings is 1. The van der Waals surface area contributed by atoms with Gasteiger partial charge in [-0.25, -0.2) is 8.42 Å². The number of fused-ring (bicyclic) bond motifs is 1. The van der Waals surface area contributed by atoms with Crippen molar-refractivity contribution in [3.05, 3.63) is 71.4 Å². The molecule has 2 amide bonds. The molecule has 13 heteroatoms. The molecule has 0 saturated carbocycles. The van der Waals surface area contributed by atoms with E-state index in [1.54, 1.807) is 59.7 Å². The number of aromatic nitrogens is 1. The van der Waals surface area contributed by atoms with Gasteiger partial charge in [0.25, 0.3) is 21.8 Å². The summed E-state index contributed by atoms with van der Waals surface area (Å²) in [6, 6.07) is 10.9. The predicted molar refractivity (Wildman–Crippen MR) is 173 cm³/mol. The Bertz CT molecular complexity index is 1520. The van der Waals surface area contributed by atoms with Crippen molar-refractivity contribution in [1.29, 1.82) is 0 Å². The number of likely N-dealkylation sites (N-methyl/N-ethyl adjacent to an activating group) is 1. The summed E-state index contributed by atoms with van der Waals surface area (Å²) in [6.45, 7) is 6.01. The highest BCUT2D eigenvalue weighted by atomic mass is 32.2. The van der Waals surface area contributed by atoms with Crippen LogP contribution in [0.2, 0.25) is 0 Å². The molecule has 4 rings (SSSR count). The minimum atomic E-state index is -3.71. The highest BCUT2D eigenvalue weighted by molar-refractivity contribution is 7.91. The maximum atomic E-state index is 14.3. The van der Waals surface area contributed by atoms with Crippen LogP contribution in [-0.2, 0) is 14.8 Å². The Hall–Kier alpha value is -3.36. The van der Waals surface area contributed by atoms with E-state index < -0.39 is 22.2 Å². The number of amides is 2. The first kappa shape index (κ1) is 34.5. The van der Waals surface area contributed by atoms with Crippen LogP contribution in [0, 0.1) is 5.92 Å². The molecule has 3 aromatic rings. The number of carbonyl (C=O) groups excluding carboxylic acids is 2. The summed E-state index contributed by atoms with van der Waals surface area (Å²) in [4.78, 5) is 32.7. The Labute approximate surface area is 269 Å². The van der Waals surface area contributed by atoms with Crippen molar-refractivity contribution in [3.63, 3.8) is 0 Å². The SMILES string of the molecule is C[C@H](CO)N1C[C@H](C)[C@@H](CN(C)S(=O)(=O)c2cccs2)OCCCC[C@H](C)Oc2ccc(NC(=O)c3ccncc3)cc2C1=O. The Morgan fingerprint density at radius 1 is 1.20 bits per heavy atom. The first-order chi connectivity index (χ1) is 21.5. The number of anilines is 1. The molecular formula is C32H42N4O7S2. The number of rotatable bonds is 8. The molecule has 2 aromatic heterocycles. The van der Waals surface area contributed by atoms with Crippen molar-refractivity contribution in [1.82, 2.24) is 14.2 Å². The molecule has 0 radical (unpaired) electrons. The van der Waals surface area contributed by atoms with Crippen LogP contribution < -0.4 is 10.1 Å². The van der Waals surface area contributed by atoms with E-state index in [2.05, 4.69) is 10.3 Å². The molecule has 0 fully saturated rings. The van der Waals surface area contributed by atoms with Gasteiger partial charge in [0.05, 0.1) is 30.4 Å². The first-order valence-corrected chi connectivity index (χ1v) is 17.4. The zero-order chi connectivity index (χ0) is 32.6. The second kappa shape index (κ2) is 15.8. The molecular weight excluding hydrogens is 617 g/mol. The van der Waals surface area contributed by atoms with Gasteiger partial charge < -0.3 is 24.8 Å². The van der Waals surface area contributed by atoms with Crippen LogP contribution in [0.1, 0.15) is 60.7 Å². The lowest BCUT2D eigenvalue weighted by Crippen LogP contribution is -2.48. The number of aliphatic hydroxyl groups excluding tert-OH is 1. The maximum absolute atomic E-state index is 14.3. The molecule has 3 heterocycles. The van der Waals surface area contributed by atoms with Gasteiger partial charge >= 0.3 is 0 Å². The number of hydrogen-bond donors (Lipinski definition) is 2. The highest BCUT2D eigenvalue weighted by Gasteiger charge is 2.32. The van der Waals surface area contributed by atoms with Crippen molar-refractivity contribution in [3.8, 4) is 5.75 Å². The largest absolute Gasteiger partial charge is 0.490 e. The summed E-state index contributed by atoms with van der Waals surface area (Å²) in [5, 5.41) is 14.7. The summed E-state index contributed by atoms with van der Waals surface area (Å²) in [6.07, 6.45) is 4.59. The molecule has 1 aliphatic rings. The van der Waals surface area contributed by atoms with Crippen LogP contribution in [0.25, 0.3) is 0 Å². The van der Waals surface area contributed by atoms with Gasteiger partial charge in [-0.3, -0.25) is 14.6 Å². The number of thiophene rings is 1. The minimum Gasteiger partial charge on any atom is -0.490 e. The van der Waals surface area contributed by atoms with E-state index in [0.29, 0.717) is 30.0 Å². The molecule has 0 aliphatic carbocycles. The van der Waals surface area contributed by atoms with Gasteiger partial charge in [0, 0.05) is 56.3 Å². The van der Waals surface area contributed by atoms with Crippen LogP contribution in [-0.4, -0.2) is 91.1 Å². The molecule has 0 spiro atoms. The quantitative estimate of drug-likeness (QED) is 0.361. The van der Waals surface area contributed by atoms with Gasteiger partial charge in [-0.2, -0.15) is 4.31 Å². The van der Waals surface area contributed by atoms with E-state index >= 15 is 0 Å². The number of hydrogen-bond acceptors (Lipinski definition) is 9.